The minimum atomic E-state index is -0.242. The molecule has 1 fully saturated rings. The second-order valence-electron chi connectivity index (χ2n) is 4.47. The highest BCUT2D eigenvalue weighted by Gasteiger charge is 2.06. The Bertz CT molecular complexity index is 461. The zero-order chi connectivity index (χ0) is 14.2. The third kappa shape index (κ3) is 4.59. The lowest BCUT2D eigenvalue weighted by molar-refractivity contribution is 0.119. The van der Waals surface area contributed by atoms with Crippen LogP contribution in [0.5, 0.6) is 5.75 Å². The van der Waals surface area contributed by atoms with Gasteiger partial charge in [0.15, 0.2) is 0 Å². The van der Waals surface area contributed by atoms with Gasteiger partial charge in [0.1, 0.15) is 5.75 Å². The fourth-order valence-corrected chi connectivity index (χ4v) is 1.91. The topological polar surface area (TPSA) is 59.6 Å². The minimum Gasteiger partial charge on any atom is -0.494 e. The summed E-state index contributed by atoms with van der Waals surface area (Å²) in [6.45, 7) is 4.02. The third-order valence-electron chi connectivity index (χ3n) is 2.97. The second-order valence-corrected chi connectivity index (χ2v) is 4.47. The van der Waals surface area contributed by atoms with Crippen LogP contribution in [0.4, 0.5) is 10.5 Å². The molecule has 108 valence electrons. The number of nitrogens with one attached hydrogen (secondary N) is 2. The highest BCUT2D eigenvalue weighted by molar-refractivity contribution is 5.89. The summed E-state index contributed by atoms with van der Waals surface area (Å²) in [4.78, 5) is 11.7. The van der Waals surface area contributed by atoms with Gasteiger partial charge in [-0.1, -0.05) is 0 Å². The standard InChI is InChI=1S/C15H20N2O3/c1-2-20-14-5-3-13(4-6-14)17-15(18)16-11-12-7-9-19-10-8-12/h3-6,11H,2,7-10H2,1H3,(H2,16,17,18). The van der Waals surface area contributed by atoms with E-state index < -0.39 is 0 Å². The van der Waals surface area contributed by atoms with Crippen LogP contribution in [-0.4, -0.2) is 25.9 Å². The van der Waals surface area contributed by atoms with Crippen molar-refractivity contribution in [2.45, 2.75) is 19.8 Å². The summed E-state index contributed by atoms with van der Waals surface area (Å²) in [5.74, 6) is 0.794. The Hall–Kier alpha value is -2.01. The molecule has 5 nitrogen and oxygen atoms in total. The number of benzene rings is 1. The summed E-state index contributed by atoms with van der Waals surface area (Å²) in [5.41, 5.74) is 1.94. The molecule has 20 heavy (non-hydrogen) atoms. The number of amides is 2. The van der Waals surface area contributed by atoms with Gasteiger partial charge in [0.05, 0.1) is 19.8 Å². The number of hydrogen-bond donors (Lipinski definition) is 2. The third-order valence-corrected chi connectivity index (χ3v) is 2.97. The lowest BCUT2D eigenvalue weighted by atomic mass is 10.1. The molecule has 2 amide bonds. The monoisotopic (exact) mass is 276 g/mol. The molecular weight excluding hydrogens is 256 g/mol. The van der Waals surface area contributed by atoms with Crippen LogP contribution in [-0.2, 0) is 4.74 Å². The van der Waals surface area contributed by atoms with Crippen LogP contribution in [0, 0.1) is 0 Å². The van der Waals surface area contributed by atoms with Crippen LogP contribution in [0.25, 0.3) is 0 Å². The van der Waals surface area contributed by atoms with Crippen LogP contribution >= 0.6 is 0 Å². The molecule has 0 spiro atoms. The largest absolute Gasteiger partial charge is 0.494 e. The number of carbonyl (C=O) groups is 1. The molecule has 0 bridgehead atoms. The minimum absolute atomic E-state index is 0.242. The maximum absolute atomic E-state index is 11.7. The normalized spacial score (nSPS) is 14.6. The molecule has 1 aliphatic heterocycles. The fourth-order valence-electron chi connectivity index (χ4n) is 1.91. The van der Waals surface area contributed by atoms with Crippen molar-refractivity contribution in [2.75, 3.05) is 25.1 Å². The van der Waals surface area contributed by atoms with Gasteiger partial charge in [-0.25, -0.2) is 4.79 Å². The lowest BCUT2D eigenvalue weighted by Gasteiger charge is -2.14. The molecule has 1 saturated heterocycles. The smallest absolute Gasteiger partial charge is 0.323 e. The lowest BCUT2D eigenvalue weighted by Crippen LogP contribution is -2.25. The van der Waals surface area contributed by atoms with Gasteiger partial charge < -0.3 is 20.1 Å². The van der Waals surface area contributed by atoms with E-state index in [-0.39, 0.29) is 6.03 Å². The second kappa shape index (κ2) is 7.55. The fraction of sp³-hybridized carbons (Fsp3) is 0.400. The van der Waals surface area contributed by atoms with Gasteiger partial charge in [0, 0.05) is 11.9 Å². The maximum atomic E-state index is 11.7. The molecule has 1 aromatic carbocycles. The van der Waals surface area contributed by atoms with Gasteiger partial charge in [-0.15, -0.1) is 0 Å². The van der Waals surface area contributed by atoms with E-state index in [9.17, 15) is 4.79 Å². The van der Waals surface area contributed by atoms with Crippen molar-refractivity contribution >= 4 is 11.7 Å². The van der Waals surface area contributed by atoms with Gasteiger partial charge in [-0.05, 0) is 49.6 Å². The summed E-state index contributed by atoms with van der Waals surface area (Å²) in [5, 5.41) is 5.51. The first-order valence-corrected chi connectivity index (χ1v) is 6.84. The summed E-state index contributed by atoms with van der Waals surface area (Å²) in [7, 11) is 0. The van der Waals surface area contributed by atoms with Gasteiger partial charge in [-0.2, -0.15) is 0 Å². The first-order chi connectivity index (χ1) is 9.78. The van der Waals surface area contributed by atoms with Crippen molar-refractivity contribution in [1.82, 2.24) is 5.32 Å². The Morgan fingerprint density at radius 2 is 2.00 bits per heavy atom. The number of urea groups is 1. The Morgan fingerprint density at radius 3 is 2.65 bits per heavy atom. The Kier molecular flexibility index (Phi) is 5.43. The molecule has 1 aromatic rings. The van der Waals surface area contributed by atoms with Crippen LogP contribution < -0.4 is 15.4 Å². The maximum Gasteiger partial charge on any atom is 0.323 e. The number of carbonyl (C=O) groups excluding carboxylic acids is 1. The SMILES string of the molecule is CCOc1ccc(NC(=O)NC=C2CCOCC2)cc1. The number of ether oxygens (including phenoxy) is 2. The Balaban J connectivity index is 1.81. The van der Waals surface area contributed by atoms with Gasteiger partial charge in [-0.3, -0.25) is 0 Å². The number of anilines is 1. The number of rotatable bonds is 4. The van der Waals surface area contributed by atoms with Gasteiger partial charge >= 0.3 is 6.03 Å². The summed E-state index contributed by atoms with van der Waals surface area (Å²) < 4.78 is 10.6. The molecule has 5 heteroatoms. The molecule has 1 aliphatic rings. The van der Waals surface area contributed by atoms with Crippen LogP contribution in [0.15, 0.2) is 36.0 Å². The van der Waals surface area contributed by atoms with Crippen molar-refractivity contribution in [1.29, 1.82) is 0 Å². The van der Waals surface area contributed by atoms with Crippen molar-refractivity contribution in [3.8, 4) is 5.75 Å². The van der Waals surface area contributed by atoms with E-state index in [1.165, 1.54) is 5.57 Å². The van der Waals surface area contributed by atoms with Crippen molar-refractivity contribution in [2.24, 2.45) is 0 Å². The molecule has 2 N–H and O–H groups in total. The highest BCUT2D eigenvalue weighted by atomic mass is 16.5. The average Bonchev–Trinajstić information content (AvgIpc) is 2.49. The van der Waals surface area contributed by atoms with Crippen LogP contribution in [0.3, 0.4) is 0 Å². The average molecular weight is 276 g/mol. The van der Waals surface area contributed by atoms with Crippen molar-refractivity contribution < 1.29 is 14.3 Å². The van der Waals surface area contributed by atoms with Crippen molar-refractivity contribution in [3.63, 3.8) is 0 Å². The van der Waals surface area contributed by atoms with E-state index in [2.05, 4.69) is 10.6 Å². The predicted molar refractivity (Wildman–Crippen MR) is 77.9 cm³/mol. The van der Waals surface area contributed by atoms with Gasteiger partial charge in [0.2, 0.25) is 0 Å². The first-order valence-electron chi connectivity index (χ1n) is 6.84. The molecule has 0 radical (unpaired) electrons. The van der Waals surface area contributed by atoms with E-state index >= 15 is 0 Å². The molecule has 1 heterocycles. The Morgan fingerprint density at radius 1 is 1.30 bits per heavy atom. The molecule has 0 aliphatic carbocycles. The van der Waals surface area contributed by atoms with E-state index in [1.807, 2.05) is 31.2 Å². The molecular formula is C15H20N2O3. The van der Waals surface area contributed by atoms with E-state index in [0.717, 1.165) is 37.5 Å². The molecule has 0 saturated carbocycles. The molecule has 0 aromatic heterocycles. The summed E-state index contributed by atoms with van der Waals surface area (Å²) in [6, 6.07) is 7.04. The van der Waals surface area contributed by atoms with E-state index in [1.54, 1.807) is 6.20 Å². The zero-order valence-corrected chi connectivity index (χ0v) is 11.6. The molecule has 0 unspecified atom stereocenters. The predicted octanol–water partition coefficient (Wildman–Crippen LogP) is 2.90. The van der Waals surface area contributed by atoms with Crippen LogP contribution in [0.2, 0.25) is 0 Å². The van der Waals surface area contributed by atoms with E-state index in [4.69, 9.17) is 9.47 Å². The number of hydrogen-bond acceptors (Lipinski definition) is 3. The highest BCUT2D eigenvalue weighted by Crippen LogP contribution is 2.15. The van der Waals surface area contributed by atoms with Gasteiger partial charge in [0.25, 0.3) is 0 Å². The zero-order valence-electron chi connectivity index (χ0n) is 11.6. The first kappa shape index (κ1) is 14.4. The van der Waals surface area contributed by atoms with E-state index in [0.29, 0.717) is 6.61 Å². The molecule has 0 atom stereocenters. The Labute approximate surface area is 119 Å². The quantitative estimate of drug-likeness (QED) is 0.889. The van der Waals surface area contributed by atoms with Crippen LogP contribution in [0.1, 0.15) is 19.8 Å². The summed E-state index contributed by atoms with van der Waals surface area (Å²) in [6.07, 6.45) is 3.53. The molecule has 2 rings (SSSR count). The summed E-state index contributed by atoms with van der Waals surface area (Å²) >= 11 is 0. The van der Waals surface area contributed by atoms with Crippen molar-refractivity contribution in [3.05, 3.63) is 36.0 Å².